The van der Waals surface area contributed by atoms with Crippen molar-refractivity contribution in [1.29, 1.82) is 0 Å². The first-order chi connectivity index (χ1) is 6.30. The molecule has 1 aromatic heterocycles. The van der Waals surface area contributed by atoms with Crippen LogP contribution in [0.15, 0.2) is 0 Å². The van der Waals surface area contributed by atoms with Crippen LogP contribution in [-0.4, -0.2) is 15.0 Å². The molecule has 0 aliphatic heterocycles. The summed E-state index contributed by atoms with van der Waals surface area (Å²) in [4.78, 5) is 13.2. The highest BCUT2D eigenvalue weighted by atomic mass is 15.0. The van der Waals surface area contributed by atoms with Crippen molar-refractivity contribution >= 4 is 0 Å². The minimum atomic E-state index is -0.00264. The summed E-state index contributed by atoms with van der Waals surface area (Å²) < 4.78 is 0. The van der Waals surface area contributed by atoms with Crippen LogP contribution in [0.1, 0.15) is 58.0 Å². The lowest BCUT2D eigenvalue weighted by molar-refractivity contribution is 0.527. The molecule has 78 valence electrons. The first-order valence-electron chi connectivity index (χ1n) is 5.04. The van der Waals surface area contributed by atoms with Gasteiger partial charge in [0.1, 0.15) is 17.5 Å². The maximum atomic E-state index is 4.48. The average molecular weight is 193 g/mol. The van der Waals surface area contributed by atoms with Gasteiger partial charge in [-0.15, -0.1) is 0 Å². The van der Waals surface area contributed by atoms with Gasteiger partial charge >= 0.3 is 0 Å². The molecule has 0 N–H and O–H groups in total. The van der Waals surface area contributed by atoms with Crippen LogP contribution in [0.4, 0.5) is 0 Å². The number of hydrogen-bond acceptors (Lipinski definition) is 3. The molecule has 0 aromatic carbocycles. The quantitative estimate of drug-likeness (QED) is 0.688. The first-order valence-corrected chi connectivity index (χ1v) is 5.04. The van der Waals surface area contributed by atoms with Gasteiger partial charge in [-0.25, -0.2) is 15.0 Å². The zero-order chi connectivity index (χ0) is 10.9. The number of hydrogen-bond donors (Lipinski definition) is 0. The van der Waals surface area contributed by atoms with Crippen molar-refractivity contribution in [2.75, 3.05) is 0 Å². The van der Waals surface area contributed by atoms with Crippen molar-refractivity contribution in [3.63, 3.8) is 0 Å². The van der Waals surface area contributed by atoms with Gasteiger partial charge in [-0.05, 0) is 6.92 Å². The summed E-state index contributed by atoms with van der Waals surface area (Å²) in [6, 6.07) is 0. The lowest BCUT2D eigenvalue weighted by Gasteiger charge is -2.18. The number of aryl methyl sites for hydroxylation is 1. The van der Waals surface area contributed by atoms with E-state index >= 15 is 0 Å². The second kappa shape index (κ2) is 3.64. The van der Waals surface area contributed by atoms with Gasteiger partial charge in [0.05, 0.1) is 0 Å². The largest absolute Gasteiger partial charge is 0.218 e. The predicted molar refractivity (Wildman–Crippen MR) is 57.4 cm³/mol. The fourth-order valence-corrected chi connectivity index (χ4v) is 1.10. The van der Waals surface area contributed by atoms with E-state index in [-0.39, 0.29) is 5.41 Å². The number of aromatic nitrogens is 3. The fourth-order valence-electron chi connectivity index (χ4n) is 1.10. The highest BCUT2D eigenvalue weighted by Crippen LogP contribution is 2.19. The van der Waals surface area contributed by atoms with Crippen molar-refractivity contribution < 1.29 is 0 Å². The Morgan fingerprint density at radius 1 is 1.00 bits per heavy atom. The van der Waals surface area contributed by atoms with Crippen molar-refractivity contribution in [2.24, 2.45) is 0 Å². The molecule has 0 bridgehead atoms. The zero-order valence-electron chi connectivity index (χ0n) is 9.92. The fraction of sp³-hybridized carbons (Fsp3) is 0.727. The molecule has 14 heavy (non-hydrogen) atoms. The third-order valence-corrected chi connectivity index (χ3v) is 1.95. The van der Waals surface area contributed by atoms with Gasteiger partial charge in [-0.2, -0.15) is 0 Å². The van der Waals surface area contributed by atoms with Gasteiger partial charge in [0.15, 0.2) is 0 Å². The Hall–Kier alpha value is -0.990. The summed E-state index contributed by atoms with van der Waals surface area (Å²) in [5, 5.41) is 0. The van der Waals surface area contributed by atoms with Crippen LogP contribution in [0.5, 0.6) is 0 Å². The number of nitrogens with zero attached hydrogens (tertiary/aromatic N) is 3. The van der Waals surface area contributed by atoms with Crippen LogP contribution < -0.4 is 0 Å². The summed E-state index contributed by atoms with van der Waals surface area (Å²) >= 11 is 0. The molecule has 0 aliphatic carbocycles. The van der Waals surface area contributed by atoms with E-state index in [1.165, 1.54) is 0 Å². The van der Waals surface area contributed by atoms with Crippen molar-refractivity contribution in [3.8, 4) is 0 Å². The molecule has 0 aliphatic rings. The van der Waals surface area contributed by atoms with E-state index < -0.39 is 0 Å². The van der Waals surface area contributed by atoms with Crippen LogP contribution >= 0.6 is 0 Å². The van der Waals surface area contributed by atoms with Gasteiger partial charge in [0, 0.05) is 11.3 Å². The van der Waals surface area contributed by atoms with Crippen LogP contribution in [0.3, 0.4) is 0 Å². The second-order valence-electron chi connectivity index (χ2n) is 4.97. The van der Waals surface area contributed by atoms with Gasteiger partial charge in [-0.3, -0.25) is 0 Å². The van der Waals surface area contributed by atoms with Crippen molar-refractivity contribution in [3.05, 3.63) is 17.5 Å². The Labute approximate surface area is 86.0 Å². The van der Waals surface area contributed by atoms with Crippen molar-refractivity contribution in [2.45, 2.75) is 52.9 Å². The first kappa shape index (κ1) is 11.1. The maximum absolute atomic E-state index is 4.48. The average Bonchev–Trinajstić information content (AvgIpc) is 2.01. The second-order valence-corrected chi connectivity index (χ2v) is 4.97. The molecular weight excluding hydrogens is 174 g/mol. The minimum absolute atomic E-state index is 0.00264. The molecule has 0 unspecified atom stereocenters. The molecule has 0 amide bonds. The van der Waals surface area contributed by atoms with Crippen LogP contribution in [-0.2, 0) is 5.41 Å². The molecule has 0 atom stereocenters. The Kier molecular flexibility index (Phi) is 2.88. The van der Waals surface area contributed by atoms with Gasteiger partial charge in [-0.1, -0.05) is 34.6 Å². The van der Waals surface area contributed by atoms with Crippen molar-refractivity contribution in [1.82, 2.24) is 15.0 Å². The highest BCUT2D eigenvalue weighted by molar-refractivity contribution is 5.06. The molecule has 0 saturated carbocycles. The SMILES string of the molecule is Cc1nc(C(C)C)nc(C(C)(C)C)n1. The summed E-state index contributed by atoms with van der Waals surface area (Å²) in [6.07, 6.45) is 0. The molecule has 1 rings (SSSR count). The smallest absolute Gasteiger partial charge is 0.137 e. The lowest BCUT2D eigenvalue weighted by atomic mass is 9.95. The molecule has 0 saturated heterocycles. The van der Waals surface area contributed by atoms with E-state index in [4.69, 9.17) is 0 Å². The predicted octanol–water partition coefficient (Wildman–Crippen LogP) is 2.60. The molecular formula is C11H19N3. The van der Waals surface area contributed by atoms with Gasteiger partial charge in [0.2, 0.25) is 0 Å². The molecule has 3 heteroatoms. The van der Waals surface area contributed by atoms with E-state index in [9.17, 15) is 0 Å². The Balaban J connectivity index is 3.21. The topological polar surface area (TPSA) is 38.7 Å². The Morgan fingerprint density at radius 3 is 2.00 bits per heavy atom. The summed E-state index contributed by atoms with van der Waals surface area (Å²) in [6.45, 7) is 12.5. The Morgan fingerprint density at radius 2 is 1.57 bits per heavy atom. The molecule has 0 fully saturated rings. The van der Waals surface area contributed by atoms with E-state index in [2.05, 4.69) is 49.6 Å². The lowest BCUT2D eigenvalue weighted by Crippen LogP contribution is -2.19. The standard InChI is InChI=1S/C11H19N3/c1-7(2)9-12-8(3)13-10(14-9)11(4,5)6/h7H,1-6H3. The molecule has 3 nitrogen and oxygen atoms in total. The van der Waals surface area contributed by atoms with E-state index in [0.29, 0.717) is 5.92 Å². The number of rotatable bonds is 1. The molecule has 0 spiro atoms. The zero-order valence-corrected chi connectivity index (χ0v) is 9.92. The van der Waals surface area contributed by atoms with E-state index in [1.807, 2.05) is 6.92 Å². The minimum Gasteiger partial charge on any atom is -0.218 e. The highest BCUT2D eigenvalue weighted by Gasteiger charge is 2.19. The normalized spacial score (nSPS) is 12.2. The monoisotopic (exact) mass is 193 g/mol. The van der Waals surface area contributed by atoms with E-state index in [0.717, 1.165) is 17.5 Å². The molecule has 0 radical (unpaired) electrons. The maximum Gasteiger partial charge on any atom is 0.137 e. The molecule has 1 aromatic rings. The Bertz CT molecular complexity index is 324. The third kappa shape index (κ3) is 2.50. The van der Waals surface area contributed by atoms with E-state index in [1.54, 1.807) is 0 Å². The van der Waals surface area contributed by atoms with Crippen LogP contribution in [0.25, 0.3) is 0 Å². The van der Waals surface area contributed by atoms with Gasteiger partial charge < -0.3 is 0 Å². The summed E-state index contributed by atoms with van der Waals surface area (Å²) in [7, 11) is 0. The van der Waals surface area contributed by atoms with Crippen LogP contribution in [0, 0.1) is 6.92 Å². The molecule has 1 heterocycles. The summed E-state index contributed by atoms with van der Waals surface area (Å²) in [5.74, 6) is 2.95. The van der Waals surface area contributed by atoms with Crippen LogP contribution in [0.2, 0.25) is 0 Å². The van der Waals surface area contributed by atoms with Gasteiger partial charge in [0.25, 0.3) is 0 Å². The summed E-state index contributed by atoms with van der Waals surface area (Å²) in [5.41, 5.74) is -0.00264. The third-order valence-electron chi connectivity index (χ3n) is 1.95.